The van der Waals surface area contributed by atoms with Gasteiger partial charge in [-0.2, -0.15) is 0 Å². The highest BCUT2D eigenvalue weighted by Gasteiger charge is 2.11. The van der Waals surface area contributed by atoms with E-state index < -0.39 is 5.97 Å². The Balaban J connectivity index is 2.16. The van der Waals surface area contributed by atoms with E-state index in [4.69, 9.17) is 9.84 Å². The molecule has 0 saturated heterocycles. The van der Waals surface area contributed by atoms with Crippen molar-refractivity contribution in [2.75, 3.05) is 7.11 Å². The van der Waals surface area contributed by atoms with Crippen LogP contribution in [0.15, 0.2) is 24.3 Å². The molecule has 0 aliphatic rings. The Morgan fingerprint density at radius 2 is 2.26 bits per heavy atom. The zero-order chi connectivity index (χ0) is 13.8. The summed E-state index contributed by atoms with van der Waals surface area (Å²) in [6.45, 7) is 1.85. The van der Waals surface area contributed by atoms with Crippen molar-refractivity contribution in [1.82, 2.24) is 4.98 Å². The number of aromatic nitrogens is 1. The van der Waals surface area contributed by atoms with Crippen LogP contribution in [0.2, 0.25) is 0 Å². The van der Waals surface area contributed by atoms with E-state index in [0.717, 1.165) is 26.9 Å². The zero-order valence-electron chi connectivity index (χ0n) is 10.8. The summed E-state index contributed by atoms with van der Waals surface area (Å²) in [7, 11) is 1.64. The molecule has 1 aromatic carbocycles. The Labute approximate surface area is 115 Å². The lowest BCUT2D eigenvalue weighted by molar-refractivity contribution is -0.136. The molecule has 1 heterocycles. The second-order valence-corrected chi connectivity index (χ2v) is 5.38. The number of benzene rings is 1. The SMILES string of the molecule is COc1cccc(Cc2nc(C)c(CC(=O)O)s2)c1. The minimum absolute atomic E-state index is 0.0433. The Hall–Kier alpha value is -1.88. The van der Waals surface area contributed by atoms with Crippen molar-refractivity contribution in [3.8, 4) is 5.75 Å². The molecule has 4 nitrogen and oxygen atoms in total. The van der Waals surface area contributed by atoms with Gasteiger partial charge < -0.3 is 9.84 Å². The quantitative estimate of drug-likeness (QED) is 0.912. The van der Waals surface area contributed by atoms with Crippen molar-refractivity contribution >= 4 is 17.3 Å². The molecule has 5 heteroatoms. The topological polar surface area (TPSA) is 59.4 Å². The van der Waals surface area contributed by atoms with E-state index in [-0.39, 0.29) is 6.42 Å². The van der Waals surface area contributed by atoms with Crippen molar-refractivity contribution in [3.05, 3.63) is 45.4 Å². The summed E-state index contributed by atoms with van der Waals surface area (Å²) in [5, 5.41) is 9.75. The summed E-state index contributed by atoms with van der Waals surface area (Å²) in [6.07, 6.45) is 0.740. The van der Waals surface area contributed by atoms with Gasteiger partial charge >= 0.3 is 5.97 Å². The van der Waals surface area contributed by atoms with E-state index in [0.29, 0.717) is 6.42 Å². The molecule has 2 rings (SSSR count). The van der Waals surface area contributed by atoms with Crippen molar-refractivity contribution in [2.24, 2.45) is 0 Å². The molecule has 0 fully saturated rings. The number of ether oxygens (including phenoxy) is 1. The summed E-state index contributed by atoms with van der Waals surface area (Å²) in [6, 6.07) is 7.81. The first kappa shape index (κ1) is 13.5. The lowest BCUT2D eigenvalue weighted by Crippen LogP contribution is -1.99. The molecular weight excluding hydrogens is 262 g/mol. The van der Waals surface area contributed by atoms with Crippen LogP contribution in [0, 0.1) is 6.92 Å². The molecule has 0 unspecified atom stereocenters. The summed E-state index contributed by atoms with van der Waals surface area (Å²) in [5.41, 5.74) is 1.92. The molecule has 19 heavy (non-hydrogen) atoms. The van der Waals surface area contributed by atoms with Gasteiger partial charge in [0.2, 0.25) is 0 Å². The second kappa shape index (κ2) is 5.84. The summed E-state index contributed by atoms with van der Waals surface area (Å²) >= 11 is 1.46. The van der Waals surface area contributed by atoms with Crippen molar-refractivity contribution in [1.29, 1.82) is 0 Å². The first-order valence-electron chi connectivity index (χ1n) is 5.88. The molecule has 0 amide bonds. The highest BCUT2D eigenvalue weighted by atomic mass is 32.1. The first-order valence-corrected chi connectivity index (χ1v) is 6.70. The monoisotopic (exact) mass is 277 g/mol. The Morgan fingerprint density at radius 1 is 1.47 bits per heavy atom. The molecule has 0 radical (unpaired) electrons. The predicted molar refractivity (Wildman–Crippen MR) is 74.0 cm³/mol. The maximum atomic E-state index is 10.7. The van der Waals surface area contributed by atoms with Crippen LogP contribution >= 0.6 is 11.3 Å². The number of aryl methyl sites for hydroxylation is 1. The number of carbonyl (C=O) groups is 1. The van der Waals surface area contributed by atoms with Crippen LogP contribution in [0.1, 0.15) is 21.1 Å². The van der Waals surface area contributed by atoms with E-state index in [2.05, 4.69) is 4.98 Å². The van der Waals surface area contributed by atoms with Gasteiger partial charge in [0.05, 0.1) is 24.2 Å². The second-order valence-electron chi connectivity index (χ2n) is 4.22. The number of nitrogens with zero attached hydrogens (tertiary/aromatic N) is 1. The summed E-state index contributed by atoms with van der Waals surface area (Å²) in [5.74, 6) is -0.00350. The van der Waals surface area contributed by atoms with Crippen molar-refractivity contribution in [3.63, 3.8) is 0 Å². The fourth-order valence-electron chi connectivity index (χ4n) is 1.82. The molecule has 1 N–H and O–H groups in total. The minimum Gasteiger partial charge on any atom is -0.497 e. The van der Waals surface area contributed by atoms with Crippen LogP contribution in [-0.4, -0.2) is 23.2 Å². The highest BCUT2D eigenvalue weighted by Crippen LogP contribution is 2.22. The average Bonchev–Trinajstić information content (AvgIpc) is 2.69. The smallest absolute Gasteiger partial charge is 0.308 e. The number of methoxy groups -OCH3 is 1. The van der Waals surface area contributed by atoms with Crippen LogP contribution in [0.3, 0.4) is 0 Å². The van der Waals surface area contributed by atoms with Crippen LogP contribution < -0.4 is 4.74 Å². The standard InChI is InChI=1S/C14H15NO3S/c1-9-12(8-14(16)17)19-13(15-9)7-10-4-3-5-11(6-10)18-2/h3-6H,7-8H2,1-2H3,(H,16,17). The first-order chi connectivity index (χ1) is 9.08. The number of rotatable bonds is 5. The van der Waals surface area contributed by atoms with Gasteiger partial charge in [-0.3, -0.25) is 4.79 Å². The molecule has 0 spiro atoms. The number of hydrogen-bond acceptors (Lipinski definition) is 4. The van der Waals surface area contributed by atoms with Gasteiger partial charge in [0.25, 0.3) is 0 Å². The third-order valence-corrected chi connectivity index (χ3v) is 3.90. The molecular formula is C14H15NO3S. The molecule has 1 aromatic heterocycles. The Kier molecular flexibility index (Phi) is 4.16. The maximum Gasteiger partial charge on any atom is 0.308 e. The van der Waals surface area contributed by atoms with Crippen LogP contribution in [0.5, 0.6) is 5.75 Å². The van der Waals surface area contributed by atoms with Crippen LogP contribution in [-0.2, 0) is 17.6 Å². The van der Waals surface area contributed by atoms with E-state index in [1.165, 1.54) is 11.3 Å². The predicted octanol–water partition coefficient (Wildman–Crippen LogP) is 2.68. The van der Waals surface area contributed by atoms with Gasteiger partial charge in [-0.25, -0.2) is 4.98 Å². The number of aliphatic carboxylic acids is 1. The van der Waals surface area contributed by atoms with Gasteiger partial charge in [0, 0.05) is 11.3 Å². The number of carboxylic acid groups (broad SMARTS) is 1. The van der Waals surface area contributed by atoms with Crippen LogP contribution in [0.25, 0.3) is 0 Å². The van der Waals surface area contributed by atoms with Gasteiger partial charge in [-0.15, -0.1) is 11.3 Å². The maximum absolute atomic E-state index is 10.7. The highest BCUT2D eigenvalue weighted by molar-refractivity contribution is 7.11. The normalized spacial score (nSPS) is 10.4. The molecule has 0 bridgehead atoms. The number of hydrogen-bond donors (Lipinski definition) is 1. The third-order valence-electron chi connectivity index (χ3n) is 2.74. The van der Waals surface area contributed by atoms with Gasteiger partial charge in [0.15, 0.2) is 0 Å². The molecule has 0 atom stereocenters. The van der Waals surface area contributed by atoms with Gasteiger partial charge in [-0.1, -0.05) is 12.1 Å². The molecule has 100 valence electrons. The lowest BCUT2D eigenvalue weighted by Gasteiger charge is -2.02. The van der Waals surface area contributed by atoms with Crippen molar-refractivity contribution < 1.29 is 14.6 Å². The van der Waals surface area contributed by atoms with Gasteiger partial charge in [-0.05, 0) is 24.6 Å². The molecule has 0 aliphatic carbocycles. The van der Waals surface area contributed by atoms with E-state index >= 15 is 0 Å². The largest absolute Gasteiger partial charge is 0.497 e. The number of carboxylic acids is 1. The minimum atomic E-state index is -0.820. The fraction of sp³-hybridized carbons (Fsp3) is 0.286. The Morgan fingerprint density at radius 3 is 2.95 bits per heavy atom. The summed E-state index contributed by atoms with van der Waals surface area (Å²) < 4.78 is 5.18. The van der Waals surface area contributed by atoms with E-state index in [1.807, 2.05) is 31.2 Å². The van der Waals surface area contributed by atoms with Gasteiger partial charge in [0.1, 0.15) is 5.75 Å². The molecule has 2 aromatic rings. The summed E-state index contributed by atoms with van der Waals surface area (Å²) in [4.78, 5) is 16.0. The Bertz CT molecular complexity index is 592. The molecule has 0 aliphatic heterocycles. The average molecular weight is 277 g/mol. The zero-order valence-corrected chi connectivity index (χ0v) is 11.7. The lowest BCUT2D eigenvalue weighted by atomic mass is 10.1. The third kappa shape index (κ3) is 3.54. The van der Waals surface area contributed by atoms with E-state index in [9.17, 15) is 4.79 Å². The van der Waals surface area contributed by atoms with Crippen molar-refractivity contribution in [2.45, 2.75) is 19.8 Å². The number of thiazole rings is 1. The molecule has 0 saturated carbocycles. The van der Waals surface area contributed by atoms with E-state index in [1.54, 1.807) is 7.11 Å². The van der Waals surface area contributed by atoms with Crippen LogP contribution in [0.4, 0.5) is 0 Å². The fourth-order valence-corrected chi connectivity index (χ4v) is 2.92.